The molecule has 1 N–H and O–H groups in total. The van der Waals surface area contributed by atoms with Gasteiger partial charge < -0.3 is 0 Å². The van der Waals surface area contributed by atoms with Gasteiger partial charge in [-0.3, -0.25) is 15.0 Å². The third kappa shape index (κ3) is 2.99. The first-order chi connectivity index (χ1) is 11.0. The summed E-state index contributed by atoms with van der Waals surface area (Å²) in [5, 5.41) is 3.44. The Labute approximate surface area is 137 Å². The molecule has 0 unspecified atom stereocenters. The molecule has 1 atom stereocenters. The van der Waals surface area contributed by atoms with Crippen LogP contribution in [-0.4, -0.2) is 17.6 Å². The molecule has 2 aromatic rings. The lowest BCUT2D eigenvalue weighted by Crippen LogP contribution is -2.47. The number of anilines is 1. The Morgan fingerprint density at radius 1 is 1.13 bits per heavy atom. The lowest BCUT2D eigenvalue weighted by Gasteiger charge is -2.31. The predicted octanol–water partition coefficient (Wildman–Crippen LogP) is 2.95. The Bertz CT molecular complexity index is 741. The third-order valence-corrected chi connectivity index (χ3v) is 4.18. The minimum atomic E-state index is -0.436. The van der Waals surface area contributed by atoms with E-state index in [1.54, 1.807) is 0 Å². The van der Waals surface area contributed by atoms with Gasteiger partial charge in [0.2, 0.25) is 5.91 Å². The highest BCUT2D eigenvalue weighted by atomic mass is 16.2. The number of rotatable bonds is 3. The first kappa shape index (κ1) is 15.3. The molecule has 3 nitrogen and oxygen atoms in total. The molecule has 0 bridgehead atoms. The molecule has 0 spiro atoms. The lowest BCUT2D eigenvalue weighted by atomic mass is 10.1. The maximum absolute atomic E-state index is 12.9. The Morgan fingerprint density at radius 2 is 1.78 bits per heavy atom. The first-order valence-electron chi connectivity index (χ1n) is 7.73. The summed E-state index contributed by atoms with van der Waals surface area (Å²) in [6.45, 7) is 4.04. The highest BCUT2D eigenvalue weighted by Crippen LogP contribution is 2.29. The number of nitrogens with zero attached hydrogens (tertiary/aromatic N) is 1. The molecule has 0 aliphatic carbocycles. The van der Waals surface area contributed by atoms with Crippen molar-refractivity contribution < 1.29 is 4.79 Å². The maximum atomic E-state index is 12.9. The smallest absolute Gasteiger partial charge is 0.246 e. The van der Waals surface area contributed by atoms with Crippen molar-refractivity contribution >= 4 is 11.6 Å². The van der Waals surface area contributed by atoms with Gasteiger partial charge in [0.1, 0.15) is 0 Å². The molecule has 1 aliphatic rings. The Hall–Kier alpha value is -2.57. The Morgan fingerprint density at radius 3 is 2.39 bits per heavy atom. The van der Waals surface area contributed by atoms with Crippen LogP contribution in [0, 0.1) is 12.3 Å². The zero-order valence-corrected chi connectivity index (χ0v) is 13.4. The second-order valence-corrected chi connectivity index (χ2v) is 6.31. The molecule has 0 radical (unpaired) electrons. The van der Waals surface area contributed by atoms with Gasteiger partial charge in [-0.2, -0.15) is 0 Å². The highest BCUT2D eigenvalue weighted by molar-refractivity contribution is 6.01. The van der Waals surface area contributed by atoms with Gasteiger partial charge in [-0.25, -0.2) is 0 Å². The van der Waals surface area contributed by atoms with E-state index in [4.69, 9.17) is 6.42 Å². The molecule has 1 fully saturated rings. The average molecular weight is 304 g/mol. The molecule has 2 aromatic carbocycles. The molecule has 1 aliphatic heterocycles. The number of carbonyl (C=O) groups excluding carboxylic acids is 1. The van der Waals surface area contributed by atoms with Crippen LogP contribution in [0.4, 0.5) is 5.69 Å². The van der Waals surface area contributed by atoms with E-state index in [9.17, 15) is 4.79 Å². The molecule has 23 heavy (non-hydrogen) atoms. The van der Waals surface area contributed by atoms with E-state index in [1.807, 2.05) is 73.3 Å². The minimum absolute atomic E-state index is 0.0901. The number of hydrogen-bond acceptors (Lipinski definition) is 2. The molecule has 3 rings (SSSR count). The molecule has 116 valence electrons. The summed E-state index contributed by atoms with van der Waals surface area (Å²) < 4.78 is 0. The number of carbonyl (C=O) groups is 1. The van der Waals surface area contributed by atoms with E-state index >= 15 is 0 Å². The minimum Gasteiger partial charge on any atom is -0.293 e. The molecule has 3 heteroatoms. The largest absolute Gasteiger partial charge is 0.293 e. The highest BCUT2D eigenvalue weighted by Gasteiger charge is 2.44. The SMILES string of the molecule is C#Cc1ccc(N2C(=O)[C@H](Cc3ccccc3)NC2(C)C)cc1. The van der Waals surface area contributed by atoms with Crippen LogP contribution < -0.4 is 10.2 Å². The van der Waals surface area contributed by atoms with Crippen molar-refractivity contribution in [2.24, 2.45) is 0 Å². The average Bonchev–Trinajstić information content (AvgIpc) is 2.77. The number of nitrogens with one attached hydrogen (secondary N) is 1. The number of terminal acetylenes is 1. The van der Waals surface area contributed by atoms with E-state index in [1.165, 1.54) is 0 Å². The summed E-state index contributed by atoms with van der Waals surface area (Å²) in [6.07, 6.45) is 6.08. The molecule has 1 saturated heterocycles. The standard InChI is InChI=1S/C20H20N2O/c1-4-15-10-12-17(13-11-15)22-19(23)18(21-20(22,2)3)14-16-8-6-5-7-9-16/h1,5-13,18,21H,14H2,2-3H3/t18-/m0/s1. The Kier molecular flexibility index (Phi) is 3.94. The maximum Gasteiger partial charge on any atom is 0.246 e. The van der Waals surface area contributed by atoms with Crippen LogP contribution in [0.15, 0.2) is 54.6 Å². The van der Waals surface area contributed by atoms with E-state index in [-0.39, 0.29) is 11.9 Å². The zero-order chi connectivity index (χ0) is 16.4. The van der Waals surface area contributed by atoms with E-state index in [2.05, 4.69) is 11.2 Å². The van der Waals surface area contributed by atoms with Crippen LogP contribution in [0.5, 0.6) is 0 Å². The molecular weight excluding hydrogens is 284 g/mol. The van der Waals surface area contributed by atoms with E-state index in [0.717, 1.165) is 16.8 Å². The Balaban J connectivity index is 1.86. The van der Waals surface area contributed by atoms with Gasteiger partial charge in [0.25, 0.3) is 0 Å². The number of benzene rings is 2. The number of amides is 1. The third-order valence-electron chi connectivity index (χ3n) is 4.18. The van der Waals surface area contributed by atoms with Crippen molar-refractivity contribution in [3.05, 3.63) is 65.7 Å². The van der Waals surface area contributed by atoms with Crippen LogP contribution >= 0.6 is 0 Å². The van der Waals surface area contributed by atoms with Gasteiger partial charge in [-0.1, -0.05) is 36.3 Å². The van der Waals surface area contributed by atoms with E-state index < -0.39 is 5.66 Å². The van der Waals surface area contributed by atoms with Crippen molar-refractivity contribution in [3.63, 3.8) is 0 Å². The quantitative estimate of drug-likeness (QED) is 0.884. The normalized spacial score (nSPS) is 19.6. The van der Waals surface area contributed by atoms with Gasteiger partial charge in [0.15, 0.2) is 0 Å². The van der Waals surface area contributed by atoms with Crippen molar-refractivity contribution in [2.75, 3.05) is 4.90 Å². The van der Waals surface area contributed by atoms with Gasteiger partial charge in [-0.15, -0.1) is 6.42 Å². The fourth-order valence-corrected chi connectivity index (χ4v) is 3.13. The van der Waals surface area contributed by atoms with Crippen molar-refractivity contribution in [1.29, 1.82) is 0 Å². The topological polar surface area (TPSA) is 32.3 Å². The fraction of sp³-hybridized carbons (Fsp3) is 0.250. The van der Waals surface area contributed by atoms with Crippen LogP contribution in [0.25, 0.3) is 0 Å². The monoisotopic (exact) mass is 304 g/mol. The van der Waals surface area contributed by atoms with Crippen LogP contribution in [0.2, 0.25) is 0 Å². The van der Waals surface area contributed by atoms with Crippen molar-refractivity contribution in [2.45, 2.75) is 32.0 Å². The first-order valence-corrected chi connectivity index (χ1v) is 7.73. The summed E-state index contributed by atoms with van der Waals surface area (Å²) in [4.78, 5) is 14.7. The summed E-state index contributed by atoms with van der Waals surface area (Å²) in [6, 6.07) is 17.4. The number of hydrogen-bond donors (Lipinski definition) is 1. The molecular formula is C20H20N2O. The molecule has 0 saturated carbocycles. The van der Waals surface area contributed by atoms with Crippen LogP contribution in [-0.2, 0) is 11.2 Å². The summed E-state index contributed by atoms with van der Waals surface area (Å²) >= 11 is 0. The fourth-order valence-electron chi connectivity index (χ4n) is 3.13. The summed E-state index contributed by atoms with van der Waals surface area (Å²) in [5.74, 6) is 2.69. The van der Waals surface area contributed by atoms with Gasteiger partial charge in [-0.05, 0) is 50.1 Å². The van der Waals surface area contributed by atoms with E-state index in [0.29, 0.717) is 6.42 Å². The van der Waals surface area contributed by atoms with Crippen LogP contribution in [0.3, 0.4) is 0 Å². The van der Waals surface area contributed by atoms with Crippen molar-refractivity contribution in [3.8, 4) is 12.3 Å². The predicted molar refractivity (Wildman–Crippen MR) is 93.0 cm³/mol. The summed E-state index contributed by atoms with van der Waals surface area (Å²) in [7, 11) is 0. The summed E-state index contributed by atoms with van der Waals surface area (Å²) in [5.41, 5.74) is 2.39. The zero-order valence-electron chi connectivity index (χ0n) is 13.4. The second kappa shape index (κ2) is 5.91. The van der Waals surface area contributed by atoms with Gasteiger partial charge >= 0.3 is 0 Å². The lowest BCUT2D eigenvalue weighted by molar-refractivity contribution is -0.118. The van der Waals surface area contributed by atoms with Gasteiger partial charge in [0, 0.05) is 11.3 Å². The second-order valence-electron chi connectivity index (χ2n) is 6.31. The molecule has 1 heterocycles. The van der Waals surface area contributed by atoms with Crippen molar-refractivity contribution in [1.82, 2.24) is 5.32 Å². The molecule has 1 amide bonds. The van der Waals surface area contributed by atoms with Crippen LogP contribution in [0.1, 0.15) is 25.0 Å². The van der Waals surface area contributed by atoms with Gasteiger partial charge in [0.05, 0.1) is 11.7 Å². The molecule has 0 aromatic heterocycles.